The zero-order valence-corrected chi connectivity index (χ0v) is 12.5. The molecule has 2 aliphatic rings. The summed E-state index contributed by atoms with van der Waals surface area (Å²) >= 11 is 0. The fourth-order valence-corrected chi connectivity index (χ4v) is 3.95. The van der Waals surface area contributed by atoms with Gasteiger partial charge in [0.25, 0.3) is 0 Å². The first-order valence-electron chi connectivity index (χ1n) is 7.91. The van der Waals surface area contributed by atoms with Gasteiger partial charge in [-0.05, 0) is 43.2 Å². The van der Waals surface area contributed by atoms with E-state index in [1.807, 2.05) is 12.1 Å². The molecule has 1 heterocycles. The molecule has 1 aromatic carbocycles. The van der Waals surface area contributed by atoms with Gasteiger partial charge >= 0.3 is 0 Å². The van der Waals surface area contributed by atoms with Gasteiger partial charge in [0, 0.05) is 19.2 Å². The quantitative estimate of drug-likeness (QED) is 0.833. The number of nitrogens with two attached hydrogens (primary N) is 1. The van der Waals surface area contributed by atoms with Crippen LogP contribution in [-0.4, -0.2) is 20.2 Å². The Hall–Kier alpha value is -1.38. The van der Waals surface area contributed by atoms with Gasteiger partial charge in [-0.2, -0.15) is 0 Å². The number of ether oxygens (including phenoxy) is 1. The molecule has 3 rings (SSSR count). The number of hydrogen-bond donors (Lipinski definition) is 1. The molecule has 0 radical (unpaired) electrons. The highest BCUT2D eigenvalue weighted by atomic mass is 16.5. The lowest BCUT2D eigenvalue weighted by Crippen LogP contribution is -2.41. The number of hydrogen-bond acceptors (Lipinski definition) is 3. The van der Waals surface area contributed by atoms with Crippen molar-refractivity contribution in [2.75, 3.05) is 30.8 Å². The largest absolute Gasteiger partial charge is 0.497 e. The average Bonchev–Trinajstić information content (AvgIpc) is 2.50. The van der Waals surface area contributed by atoms with Gasteiger partial charge in [0.1, 0.15) is 5.75 Å². The molecule has 1 aromatic rings. The zero-order valence-electron chi connectivity index (χ0n) is 12.5. The standard InChI is InChI=1S/C17H26N2O/c1-20-14-5-6-15(18)16(13-14)19-11-9-17(10-12-19)7-3-2-4-8-17/h5-6,13H,2-4,7-12,18H2,1H3. The molecule has 3 nitrogen and oxygen atoms in total. The van der Waals surface area contributed by atoms with Crippen LogP contribution in [0.3, 0.4) is 0 Å². The van der Waals surface area contributed by atoms with Crippen LogP contribution in [0.4, 0.5) is 11.4 Å². The molecule has 2 fully saturated rings. The Labute approximate surface area is 122 Å². The van der Waals surface area contributed by atoms with E-state index >= 15 is 0 Å². The van der Waals surface area contributed by atoms with Gasteiger partial charge in [-0.15, -0.1) is 0 Å². The lowest BCUT2D eigenvalue weighted by Gasteiger charge is -2.45. The first kappa shape index (κ1) is 13.6. The second kappa shape index (κ2) is 5.55. The SMILES string of the molecule is COc1ccc(N)c(N2CCC3(CCCCC3)CC2)c1. The monoisotopic (exact) mass is 274 g/mol. The number of rotatable bonds is 2. The Morgan fingerprint density at radius 3 is 2.40 bits per heavy atom. The van der Waals surface area contributed by atoms with Gasteiger partial charge in [0.15, 0.2) is 0 Å². The molecule has 1 spiro atoms. The van der Waals surface area contributed by atoms with Crippen molar-refractivity contribution in [3.8, 4) is 5.75 Å². The maximum absolute atomic E-state index is 6.15. The van der Waals surface area contributed by atoms with Crippen LogP contribution < -0.4 is 15.4 Å². The predicted molar refractivity (Wildman–Crippen MR) is 84.4 cm³/mol. The molecule has 20 heavy (non-hydrogen) atoms. The molecule has 1 saturated heterocycles. The van der Waals surface area contributed by atoms with Crippen LogP contribution in [0, 0.1) is 5.41 Å². The predicted octanol–water partition coefficient (Wildman–Crippen LogP) is 3.83. The van der Waals surface area contributed by atoms with E-state index in [2.05, 4.69) is 11.0 Å². The number of nitrogens with zero attached hydrogens (tertiary/aromatic N) is 1. The number of methoxy groups -OCH3 is 1. The molecule has 0 atom stereocenters. The second-order valence-electron chi connectivity index (χ2n) is 6.47. The Morgan fingerprint density at radius 2 is 1.75 bits per heavy atom. The molecule has 0 amide bonds. The van der Waals surface area contributed by atoms with E-state index in [1.165, 1.54) is 44.9 Å². The Balaban J connectivity index is 1.71. The molecule has 1 aliphatic heterocycles. The van der Waals surface area contributed by atoms with Gasteiger partial charge in [-0.25, -0.2) is 0 Å². The minimum Gasteiger partial charge on any atom is -0.497 e. The lowest BCUT2D eigenvalue weighted by molar-refractivity contribution is 0.144. The molecule has 1 saturated carbocycles. The van der Waals surface area contributed by atoms with Crippen LogP contribution in [0.1, 0.15) is 44.9 Å². The Morgan fingerprint density at radius 1 is 1.05 bits per heavy atom. The summed E-state index contributed by atoms with van der Waals surface area (Å²) in [5, 5.41) is 0. The molecular formula is C17H26N2O. The van der Waals surface area contributed by atoms with Gasteiger partial charge < -0.3 is 15.4 Å². The molecular weight excluding hydrogens is 248 g/mol. The normalized spacial score (nSPS) is 21.9. The van der Waals surface area contributed by atoms with Crippen molar-refractivity contribution in [2.24, 2.45) is 5.41 Å². The van der Waals surface area contributed by atoms with Crippen molar-refractivity contribution in [3.63, 3.8) is 0 Å². The topological polar surface area (TPSA) is 38.5 Å². The molecule has 110 valence electrons. The van der Waals surface area contributed by atoms with E-state index in [-0.39, 0.29) is 0 Å². The van der Waals surface area contributed by atoms with Crippen LogP contribution in [0.15, 0.2) is 18.2 Å². The van der Waals surface area contributed by atoms with Crippen LogP contribution >= 0.6 is 0 Å². The van der Waals surface area contributed by atoms with Crippen molar-refractivity contribution >= 4 is 11.4 Å². The van der Waals surface area contributed by atoms with Crippen LogP contribution in [0.25, 0.3) is 0 Å². The van der Waals surface area contributed by atoms with Crippen LogP contribution in [-0.2, 0) is 0 Å². The number of anilines is 2. The molecule has 3 heteroatoms. The van der Waals surface area contributed by atoms with E-state index in [4.69, 9.17) is 10.5 Å². The van der Waals surface area contributed by atoms with E-state index in [9.17, 15) is 0 Å². The minimum atomic E-state index is 0.641. The summed E-state index contributed by atoms with van der Waals surface area (Å²) in [5.41, 5.74) is 8.80. The summed E-state index contributed by atoms with van der Waals surface area (Å²) in [6.45, 7) is 2.27. The third kappa shape index (κ3) is 2.58. The molecule has 0 unspecified atom stereocenters. The maximum Gasteiger partial charge on any atom is 0.121 e. The van der Waals surface area contributed by atoms with E-state index in [1.54, 1.807) is 7.11 Å². The van der Waals surface area contributed by atoms with Crippen molar-refractivity contribution in [2.45, 2.75) is 44.9 Å². The van der Waals surface area contributed by atoms with E-state index in [0.717, 1.165) is 30.2 Å². The van der Waals surface area contributed by atoms with Gasteiger partial charge in [0.05, 0.1) is 18.5 Å². The lowest BCUT2D eigenvalue weighted by atomic mass is 9.68. The van der Waals surface area contributed by atoms with E-state index in [0.29, 0.717) is 5.41 Å². The highest BCUT2D eigenvalue weighted by Gasteiger charge is 2.35. The minimum absolute atomic E-state index is 0.641. The Kier molecular flexibility index (Phi) is 3.77. The third-order valence-electron chi connectivity index (χ3n) is 5.32. The van der Waals surface area contributed by atoms with Crippen LogP contribution in [0.5, 0.6) is 5.75 Å². The fraction of sp³-hybridized carbons (Fsp3) is 0.647. The van der Waals surface area contributed by atoms with Gasteiger partial charge in [-0.1, -0.05) is 19.3 Å². The highest BCUT2D eigenvalue weighted by molar-refractivity contribution is 5.69. The molecule has 2 N–H and O–H groups in total. The van der Waals surface area contributed by atoms with Crippen molar-refractivity contribution in [3.05, 3.63) is 18.2 Å². The van der Waals surface area contributed by atoms with Gasteiger partial charge in [0.2, 0.25) is 0 Å². The maximum atomic E-state index is 6.15. The first-order chi connectivity index (χ1) is 9.72. The van der Waals surface area contributed by atoms with Crippen LogP contribution in [0.2, 0.25) is 0 Å². The number of nitrogen functional groups attached to an aromatic ring is 1. The fourth-order valence-electron chi connectivity index (χ4n) is 3.95. The highest BCUT2D eigenvalue weighted by Crippen LogP contribution is 2.45. The summed E-state index contributed by atoms with van der Waals surface area (Å²) in [4.78, 5) is 2.44. The zero-order chi connectivity index (χ0) is 14.0. The summed E-state index contributed by atoms with van der Waals surface area (Å²) in [6.07, 6.45) is 9.83. The van der Waals surface area contributed by atoms with Gasteiger partial charge in [-0.3, -0.25) is 0 Å². The second-order valence-corrected chi connectivity index (χ2v) is 6.47. The first-order valence-corrected chi connectivity index (χ1v) is 7.91. The van der Waals surface area contributed by atoms with E-state index < -0.39 is 0 Å². The molecule has 0 bridgehead atoms. The summed E-state index contributed by atoms with van der Waals surface area (Å²) in [5.74, 6) is 0.896. The Bertz CT molecular complexity index is 456. The summed E-state index contributed by atoms with van der Waals surface area (Å²) in [7, 11) is 1.71. The summed E-state index contributed by atoms with van der Waals surface area (Å²) < 4.78 is 5.33. The summed E-state index contributed by atoms with van der Waals surface area (Å²) in [6, 6.07) is 5.97. The number of piperidine rings is 1. The van der Waals surface area contributed by atoms with Crippen molar-refractivity contribution in [1.29, 1.82) is 0 Å². The average molecular weight is 274 g/mol. The number of benzene rings is 1. The molecule has 1 aliphatic carbocycles. The smallest absolute Gasteiger partial charge is 0.121 e. The van der Waals surface area contributed by atoms with Crippen molar-refractivity contribution < 1.29 is 4.74 Å². The molecule has 0 aromatic heterocycles. The third-order valence-corrected chi connectivity index (χ3v) is 5.32. The van der Waals surface area contributed by atoms with Crippen molar-refractivity contribution in [1.82, 2.24) is 0 Å².